The number of hydrogen-bond acceptors (Lipinski definition) is 4. The van der Waals surface area contributed by atoms with Crippen molar-refractivity contribution in [3.05, 3.63) is 65.1 Å². The number of nitrogens with zero attached hydrogens (tertiary/aromatic N) is 2. The molecular weight excluding hydrogens is 431 g/mol. The average Bonchev–Trinajstić information content (AvgIpc) is 2.86. The Morgan fingerprint density at radius 1 is 1.17 bits per heavy atom. The summed E-state index contributed by atoms with van der Waals surface area (Å²) in [6, 6.07) is 10.8. The van der Waals surface area contributed by atoms with Crippen molar-refractivity contribution in [3.63, 3.8) is 0 Å². The number of carbonyl (C=O) groups excluding carboxylic acids is 1. The van der Waals surface area contributed by atoms with Gasteiger partial charge in [0.2, 0.25) is 0 Å². The molecule has 1 aliphatic rings. The first-order valence-corrected chi connectivity index (χ1v) is 7.60. The second-order valence-corrected chi connectivity index (χ2v) is 5.92. The van der Waals surface area contributed by atoms with Crippen LogP contribution in [0.2, 0.25) is 0 Å². The topological polar surface area (TPSA) is 66.6 Å². The Morgan fingerprint density at radius 2 is 1.88 bits per heavy atom. The van der Waals surface area contributed by atoms with Gasteiger partial charge in [0, 0.05) is 58.7 Å². The molecule has 1 aliphatic heterocycles. The zero-order valence-corrected chi connectivity index (χ0v) is 17.2. The van der Waals surface area contributed by atoms with Crippen molar-refractivity contribution in [2.75, 3.05) is 5.32 Å². The van der Waals surface area contributed by atoms with Crippen molar-refractivity contribution < 1.29 is 51.2 Å². The number of nitrogens with one attached hydrogen (secondary N) is 1. The van der Waals surface area contributed by atoms with Gasteiger partial charge in [0.1, 0.15) is 6.10 Å². The molecule has 0 saturated heterocycles. The number of pyridine rings is 1. The molecule has 1 aromatic carbocycles. The standard InChI is InChI=1S/C18H17N3O2.Pr/c1-10-11(2)21-9-8-13-15(18(21)19-10)20-14(17(23)16(13)22)12-6-4-3-5-7-12;/h3-9,14,17,20,23H,1-2H3;/t14-,17?;/m1./s1. The SMILES string of the molecule is Cc1nc2c3c(ccn2c1C)C(=O)C(O)[C@@H](c1ccccc1)N3.[Pr]. The van der Waals surface area contributed by atoms with Gasteiger partial charge in [-0.05, 0) is 25.5 Å². The first-order chi connectivity index (χ1) is 11.1. The van der Waals surface area contributed by atoms with Gasteiger partial charge in [-0.3, -0.25) is 4.79 Å². The number of Topliss-reactive ketones (excluding diaryl/α,β-unsaturated/α-hetero) is 1. The van der Waals surface area contributed by atoms with Crippen molar-refractivity contribution in [1.82, 2.24) is 9.38 Å². The van der Waals surface area contributed by atoms with E-state index in [-0.39, 0.29) is 47.1 Å². The number of benzene rings is 1. The fourth-order valence-electron chi connectivity index (χ4n) is 3.16. The second kappa shape index (κ2) is 6.54. The number of hydrogen-bond donors (Lipinski definition) is 2. The molecule has 2 aromatic heterocycles. The molecule has 2 atom stereocenters. The molecule has 6 heteroatoms. The summed E-state index contributed by atoms with van der Waals surface area (Å²) in [5, 5.41) is 13.8. The van der Waals surface area contributed by atoms with Gasteiger partial charge >= 0.3 is 0 Å². The molecule has 5 nitrogen and oxygen atoms in total. The molecule has 0 spiro atoms. The Hall–Kier alpha value is -1.30. The van der Waals surface area contributed by atoms with E-state index in [9.17, 15) is 9.90 Å². The van der Waals surface area contributed by atoms with Crippen LogP contribution in [0.1, 0.15) is 33.4 Å². The zero-order valence-electron chi connectivity index (χ0n) is 13.5. The van der Waals surface area contributed by atoms with E-state index in [1.165, 1.54) is 0 Å². The Morgan fingerprint density at radius 3 is 2.58 bits per heavy atom. The number of fused-ring (bicyclic) bond motifs is 3. The Bertz CT molecular complexity index is 921. The van der Waals surface area contributed by atoms with Gasteiger partial charge in [-0.25, -0.2) is 4.98 Å². The Balaban J connectivity index is 0.00000169. The van der Waals surface area contributed by atoms with E-state index in [2.05, 4.69) is 10.3 Å². The van der Waals surface area contributed by atoms with Crippen LogP contribution in [0, 0.1) is 55.1 Å². The molecule has 0 amide bonds. The summed E-state index contributed by atoms with van der Waals surface area (Å²) in [5.74, 6) is -0.270. The van der Waals surface area contributed by atoms with Crippen molar-refractivity contribution in [2.45, 2.75) is 26.0 Å². The molecule has 119 valence electrons. The molecule has 3 aromatic rings. The minimum Gasteiger partial charge on any atom is -0.382 e. The molecule has 4 rings (SSSR count). The molecule has 0 fully saturated rings. The number of ketones is 1. The molecule has 2 N–H and O–H groups in total. The third-order valence-corrected chi connectivity index (χ3v) is 4.58. The smallest absolute Gasteiger partial charge is 0.196 e. The van der Waals surface area contributed by atoms with Crippen LogP contribution in [0.5, 0.6) is 0 Å². The number of imidazole rings is 1. The number of anilines is 1. The van der Waals surface area contributed by atoms with Crippen LogP contribution < -0.4 is 5.32 Å². The summed E-state index contributed by atoms with van der Waals surface area (Å²) in [4.78, 5) is 17.2. The predicted molar refractivity (Wildman–Crippen MR) is 87.8 cm³/mol. The number of aryl methyl sites for hydroxylation is 2. The third-order valence-electron chi connectivity index (χ3n) is 4.58. The van der Waals surface area contributed by atoms with Crippen LogP contribution in [0.4, 0.5) is 5.69 Å². The molecule has 1 radical (unpaired) electrons. The molecular formula is C18H17N3O2Pr. The van der Waals surface area contributed by atoms with E-state index in [0.29, 0.717) is 11.3 Å². The Kier molecular flexibility index (Phi) is 4.78. The minimum atomic E-state index is -1.11. The van der Waals surface area contributed by atoms with Gasteiger partial charge in [0.15, 0.2) is 11.4 Å². The van der Waals surface area contributed by atoms with Gasteiger partial charge in [-0.2, -0.15) is 0 Å². The maximum atomic E-state index is 12.6. The van der Waals surface area contributed by atoms with E-state index < -0.39 is 12.1 Å². The normalized spacial score (nSPS) is 19.5. The molecule has 3 heterocycles. The van der Waals surface area contributed by atoms with Crippen LogP contribution in [0.3, 0.4) is 0 Å². The number of aliphatic hydroxyl groups is 1. The largest absolute Gasteiger partial charge is 0.382 e. The maximum absolute atomic E-state index is 12.6. The van der Waals surface area contributed by atoms with E-state index in [1.54, 1.807) is 6.07 Å². The molecule has 24 heavy (non-hydrogen) atoms. The van der Waals surface area contributed by atoms with Gasteiger partial charge in [0.25, 0.3) is 0 Å². The summed E-state index contributed by atoms with van der Waals surface area (Å²) in [6.07, 6.45) is 0.725. The summed E-state index contributed by atoms with van der Waals surface area (Å²) in [6.45, 7) is 3.94. The van der Waals surface area contributed by atoms with Crippen molar-refractivity contribution in [2.24, 2.45) is 0 Å². The van der Waals surface area contributed by atoms with E-state index in [0.717, 1.165) is 22.6 Å². The van der Waals surface area contributed by atoms with Crippen molar-refractivity contribution >= 4 is 17.1 Å². The summed E-state index contributed by atoms with van der Waals surface area (Å²) in [5.41, 5.74) is 4.74. The van der Waals surface area contributed by atoms with Gasteiger partial charge in [0.05, 0.1) is 17.4 Å². The first kappa shape index (κ1) is 17.5. The van der Waals surface area contributed by atoms with Crippen LogP contribution in [-0.2, 0) is 0 Å². The molecule has 0 saturated carbocycles. The summed E-state index contributed by atoms with van der Waals surface area (Å²) in [7, 11) is 0. The van der Waals surface area contributed by atoms with E-state index in [1.807, 2.05) is 54.8 Å². The van der Waals surface area contributed by atoms with Gasteiger partial charge < -0.3 is 14.8 Å². The fraction of sp³-hybridized carbons (Fsp3) is 0.222. The quantitative estimate of drug-likeness (QED) is 0.601. The van der Waals surface area contributed by atoms with Gasteiger partial charge in [-0.1, -0.05) is 30.3 Å². The molecule has 1 unspecified atom stereocenters. The summed E-state index contributed by atoms with van der Waals surface area (Å²) < 4.78 is 1.97. The first-order valence-electron chi connectivity index (χ1n) is 7.60. The zero-order chi connectivity index (χ0) is 16.1. The average molecular weight is 448 g/mol. The third kappa shape index (κ3) is 2.59. The van der Waals surface area contributed by atoms with Crippen molar-refractivity contribution in [1.29, 1.82) is 0 Å². The van der Waals surface area contributed by atoms with E-state index >= 15 is 0 Å². The number of rotatable bonds is 1. The van der Waals surface area contributed by atoms with Crippen LogP contribution in [0.15, 0.2) is 42.6 Å². The van der Waals surface area contributed by atoms with Crippen LogP contribution in [-0.4, -0.2) is 26.4 Å². The maximum Gasteiger partial charge on any atom is 0.196 e. The number of carbonyl (C=O) groups is 1. The minimum absolute atomic E-state index is 0. The number of aromatic nitrogens is 2. The second-order valence-electron chi connectivity index (χ2n) is 5.92. The fourth-order valence-corrected chi connectivity index (χ4v) is 3.16. The van der Waals surface area contributed by atoms with Crippen molar-refractivity contribution in [3.8, 4) is 0 Å². The number of aliphatic hydroxyl groups excluding tert-OH is 1. The van der Waals surface area contributed by atoms with Crippen LogP contribution >= 0.6 is 0 Å². The predicted octanol–water partition coefficient (Wildman–Crippen LogP) is 2.66. The van der Waals surface area contributed by atoms with Crippen LogP contribution in [0.25, 0.3) is 5.65 Å². The Labute approximate surface area is 173 Å². The van der Waals surface area contributed by atoms with Gasteiger partial charge in [-0.15, -0.1) is 0 Å². The molecule has 0 bridgehead atoms. The monoisotopic (exact) mass is 448 g/mol. The van der Waals surface area contributed by atoms with E-state index in [4.69, 9.17) is 0 Å². The summed E-state index contributed by atoms with van der Waals surface area (Å²) >= 11 is 0. The molecule has 0 aliphatic carbocycles.